The zero-order valence-electron chi connectivity index (χ0n) is 11.7. The molecule has 0 saturated carbocycles. The molecular weight excluding hydrogens is 275 g/mol. The molecule has 1 unspecified atom stereocenters. The first kappa shape index (κ1) is 15.0. The van der Waals surface area contributed by atoms with Crippen LogP contribution in [0.4, 0.5) is 4.39 Å². The first-order chi connectivity index (χ1) is 9.56. The van der Waals surface area contributed by atoms with Crippen molar-refractivity contribution >= 4 is 11.6 Å². The van der Waals surface area contributed by atoms with Crippen LogP contribution in [0.3, 0.4) is 0 Å². The van der Waals surface area contributed by atoms with Crippen molar-refractivity contribution < 1.29 is 9.50 Å². The molecule has 1 atom stereocenters. The van der Waals surface area contributed by atoms with Gasteiger partial charge < -0.3 is 5.11 Å². The van der Waals surface area contributed by atoms with E-state index in [1.807, 2.05) is 18.2 Å². The summed E-state index contributed by atoms with van der Waals surface area (Å²) in [4.78, 5) is 0. The van der Waals surface area contributed by atoms with E-state index in [0.29, 0.717) is 10.6 Å². The van der Waals surface area contributed by atoms with E-state index in [4.69, 9.17) is 11.6 Å². The lowest BCUT2D eigenvalue weighted by Gasteiger charge is -2.15. The van der Waals surface area contributed by atoms with Crippen molar-refractivity contribution in [2.24, 2.45) is 0 Å². The molecule has 2 aromatic rings. The van der Waals surface area contributed by atoms with Crippen LogP contribution < -0.4 is 0 Å². The molecule has 0 aliphatic carbocycles. The van der Waals surface area contributed by atoms with Crippen LogP contribution in [-0.2, 0) is 12.8 Å². The van der Waals surface area contributed by atoms with Crippen LogP contribution in [0.1, 0.15) is 42.2 Å². The third-order valence-electron chi connectivity index (χ3n) is 3.56. The van der Waals surface area contributed by atoms with Gasteiger partial charge in [0.05, 0.1) is 0 Å². The Hall–Kier alpha value is -1.38. The molecule has 1 N–H and O–H groups in total. The molecule has 0 saturated heterocycles. The summed E-state index contributed by atoms with van der Waals surface area (Å²) in [6.07, 6.45) is 0.880. The lowest BCUT2D eigenvalue weighted by molar-refractivity contribution is 0.215. The van der Waals surface area contributed by atoms with Gasteiger partial charge >= 0.3 is 0 Å². The standard InChI is InChI=1S/C17H18ClFO/c1-3-11-5-6-13(9-12(11)4-2)17(20)15-8-7-14(18)10-16(15)19/h5-10,17,20H,3-4H2,1-2H3. The first-order valence-electron chi connectivity index (χ1n) is 6.81. The van der Waals surface area contributed by atoms with Gasteiger partial charge in [-0.1, -0.05) is 49.7 Å². The van der Waals surface area contributed by atoms with Crippen LogP contribution in [0.15, 0.2) is 36.4 Å². The second kappa shape index (κ2) is 6.38. The molecule has 0 fully saturated rings. The fraction of sp³-hybridized carbons (Fsp3) is 0.294. The van der Waals surface area contributed by atoms with E-state index >= 15 is 0 Å². The van der Waals surface area contributed by atoms with Gasteiger partial charge in [-0.2, -0.15) is 0 Å². The summed E-state index contributed by atoms with van der Waals surface area (Å²) in [5.41, 5.74) is 3.42. The number of benzene rings is 2. The Bertz CT molecular complexity index is 610. The molecule has 3 heteroatoms. The predicted molar refractivity (Wildman–Crippen MR) is 80.7 cm³/mol. The average Bonchev–Trinajstić information content (AvgIpc) is 2.45. The van der Waals surface area contributed by atoms with Crippen molar-refractivity contribution in [1.29, 1.82) is 0 Å². The number of rotatable bonds is 4. The Balaban J connectivity index is 2.40. The zero-order valence-corrected chi connectivity index (χ0v) is 12.4. The van der Waals surface area contributed by atoms with Crippen molar-refractivity contribution in [3.63, 3.8) is 0 Å². The molecule has 2 aromatic carbocycles. The summed E-state index contributed by atoms with van der Waals surface area (Å²) in [5, 5.41) is 10.7. The van der Waals surface area contributed by atoms with Crippen LogP contribution in [-0.4, -0.2) is 5.11 Å². The molecule has 0 heterocycles. The maximum absolute atomic E-state index is 13.9. The van der Waals surface area contributed by atoms with E-state index in [1.54, 1.807) is 6.07 Å². The molecule has 0 aliphatic rings. The smallest absolute Gasteiger partial charge is 0.130 e. The van der Waals surface area contributed by atoms with E-state index in [1.165, 1.54) is 23.3 Å². The van der Waals surface area contributed by atoms with Gasteiger partial charge in [-0.25, -0.2) is 4.39 Å². The number of aryl methyl sites for hydroxylation is 2. The Morgan fingerprint density at radius 3 is 2.35 bits per heavy atom. The van der Waals surface area contributed by atoms with Crippen molar-refractivity contribution in [2.45, 2.75) is 32.8 Å². The summed E-state index contributed by atoms with van der Waals surface area (Å²) in [6.45, 7) is 4.18. The van der Waals surface area contributed by atoms with Crippen LogP contribution in [0, 0.1) is 5.82 Å². The van der Waals surface area contributed by atoms with Crippen molar-refractivity contribution in [3.05, 3.63) is 69.5 Å². The Kier molecular flexibility index (Phi) is 4.79. The monoisotopic (exact) mass is 292 g/mol. The molecule has 106 valence electrons. The highest BCUT2D eigenvalue weighted by molar-refractivity contribution is 6.30. The second-order valence-corrected chi connectivity index (χ2v) is 5.24. The van der Waals surface area contributed by atoms with Crippen molar-refractivity contribution in [2.75, 3.05) is 0 Å². The fourth-order valence-corrected chi connectivity index (χ4v) is 2.55. The maximum atomic E-state index is 13.9. The van der Waals surface area contributed by atoms with E-state index in [-0.39, 0.29) is 5.56 Å². The average molecular weight is 293 g/mol. The third-order valence-corrected chi connectivity index (χ3v) is 3.80. The molecule has 0 aliphatic heterocycles. The highest BCUT2D eigenvalue weighted by Crippen LogP contribution is 2.28. The number of hydrogen-bond donors (Lipinski definition) is 1. The van der Waals surface area contributed by atoms with Gasteiger partial charge in [0.25, 0.3) is 0 Å². The number of aliphatic hydroxyl groups excluding tert-OH is 1. The van der Waals surface area contributed by atoms with Crippen molar-refractivity contribution in [3.8, 4) is 0 Å². The maximum Gasteiger partial charge on any atom is 0.130 e. The van der Waals surface area contributed by atoms with Gasteiger partial charge in [-0.3, -0.25) is 0 Å². The third kappa shape index (κ3) is 3.02. The van der Waals surface area contributed by atoms with Crippen LogP contribution in [0.25, 0.3) is 0 Å². The molecule has 1 nitrogen and oxygen atoms in total. The van der Waals surface area contributed by atoms with Crippen LogP contribution in [0.2, 0.25) is 5.02 Å². The SMILES string of the molecule is CCc1ccc(C(O)c2ccc(Cl)cc2F)cc1CC. The molecule has 0 bridgehead atoms. The Morgan fingerprint density at radius 1 is 1.05 bits per heavy atom. The van der Waals surface area contributed by atoms with Gasteiger partial charge in [0, 0.05) is 10.6 Å². The van der Waals surface area contributed by atoms with E-state index in [0.717, 1.165) is 12.8 Å². The van der Waals surface area contributed by atoms with Crippen LogP contribution in [0.5, 0.6) is 0 Å². The fourth-order valence-electron chi connectivity index (χ4n) is 2.39. The molecule has 0 aromatic heterocycles. The lowest BCUT2D eigenvalue weighted by atomic mass is 9.95. The summed E-state index contributed by atoms with van der Waals surface area (Å²) < 4.78 is 13.9. The van der Waals surface area contributed by atoms with Gasteiger partial charge in [-0.05, 0) is 41.7 Å². The Labute approximate surface area is 124 Å². The van der Waals surface area contributed by atoms with E-state index in [2.05, 4.69) is 13.8 Å². The number of hydrogen-bond acceptors (Lipinski definition) is 1. The number of halogens is 2. The lowest BCUT2D eigenvalue weighted by Crippen LogP contribution is -2.04. The van der Waals surface area contributed by atoms with Crippen LogP contribution >= 0.6 is 11.6 Å². The van der Waals surface area contributed by atoms with Gasteiger partial charge in [0.1, 0.15) is 11.9 Å². The molecule has 0 amide bonds. The van der Waals surface area contributed by atoms with Gasteiger partial charge in [0.15, 0.2) is 0 Å². The summed E-state index contributed by atoms with van der Waals surface area (Å²) >= 11 is 5.73. The van der Waals surface area contributed by atoms with Crippen molar-refractivity contribution in [1.82, 2.24) is 0 Å². The largest absolute Gasteiger partial charge is 0.384 e. The number of aliphatic hydroxyl groups is 1. The summed E-state index contributed by atoms with van der Waals surface area (Å²) in [5.74, 6) is -0.484. The normalized spacial score (nSPS) is 12.4. The van der Waals surface area contributed by atoms with Gasteiger partial charge in [0.2, 0.25) is 0 Å². The molecule has 2 rings (SSSR count). The zero-order chi connectivity index (χ0) is 14.7. The summed E-state index contributed by atoms with van der Waals surface area (Å²) in [7, 11) is 0. The van der Waals surface area contributed by atoms with E-state index in [9.17, 15) is 9.50 Å². The Morgan fingerprint density at radius 2 is 1.75 bits per heavy atom. The van der Waals surface area contributed by atoms with E-state index < -0.39 is 11.9 Å². The molecular formula is C17H18ClFO. The quantitative estimate of drug-likeness (QED) is 0.867. The minimum Gasteiger partial charge on any atom is -0.384 e. The predicted octanol–water partition coefficient (Wildman–Crippen LogP) is 4.69. The second-order valence-electron chi connectivity index (χ2n) is 4.80. The van der Waals surface area contributed by atoms with Gasteiger partial charge in [-0.15, -0.1) is 0 Å². The molecule has 0 radical (unpaired) electrons. The first-order valence-corrected chi connectivity index (χ1v) is 7.19. The minimum atomic E-state index is -0.969. The summed E-state index contributed by atoms with van der Waals surface area (Å²) in [6, 6.07) is 10.2. The topological polar surface area (TPSA) is 20.2 Å². The molecule has 0 spiro atoms. The molecule has 20 heavy (non-hydrogen) atoms. The highest BCUT2D eigenvalue weighted by Gasteiger charge is 2.16. The highest BCUT2D eigenvalue weighted by atomic mass is 35.5. The minimum absolute atomic E-state index is 0.251.